The highest BCUT2D eigenvalue weighted by Crippen LogP contribution is 2.26. The van der Waals surface area contributed by atoms with Gasteiger partial charge in [0.05, 0.1) is 30.5 Å². The van der Waals surface area contributed by atoms with Crippen LogP contribution >= 0.6 is 0 Å². The van der Waals surface area contributed by atoms with Crippen molar-refractivity contribution >= 4 is 11.9 Å². The van der Waals surface area contributed by atoms with E-state index in [2.05, 4.69) is 10.6 Å². The van der Waals surface area contributed by atoms with Crippen LogP contribution in [-0.2, 0) is 23.8 Å². The molecular weight excluding hydrogens is 376 g/mol. The van der Waals surface area contributed by atoms with E-state index in [-0.39, 0.29) is 25.0 Å². The Bertz CT molecular complexity index is 568. The van der Waals surface area contributed by atoms with Crippen molar-refractivity contribution in [2.24, 2.45) is 0 Å². The van der Waals surface area contributed by atoms with Crippen LogP contribution in [0.4, 0.5) is 0 Å². The summed E-state index contributed by atoms with van der Waals surface area (Å²) < 4.78 is 16.9. The van der Waals surface area contributed by atoms with Crippen LogP contribution in [0.3, 0.4) is 0 Å². The summed E-state index contributed by atoms with van der Waals surface area (Å²) in [6.07, 6.45) is 1.75. The minimum atomic E-state index is -1.27. The highest BCUT2D eigenvalue weighted by Gasteiger charge is 2.39. The first-order valence-corrected chi connectivity index (χ1v) is 10.4. The van der Waals surface area contributed by atoms with Gasteiger partial charge in [0.1, 0.15) is 0 Å². The van der Waals surface area contributed by atoms with E-state index >= 15 is 0 Å². The number of carbonyl (C=O) groups excluding carboxylic acids is 2. The highest BCUT2D eigenvalue weighted by atomic mass is 16.6. The van der Waals surface area contributed by atoms with Gasteiger partial charge in [0, 0.05) is 18.5 Å². The Labute approximate surface area is 174 Å². The number of aliphatic hydroxyl groups is 1. The quantitative estimate of drug-likeness (QED) is 0.371. The molecule has 0 heterocycles. The van der Waals surface area contributed by atoms with E-state index in [1.54, 1.807) is 13.0 Å². The van der Waals surface area contributed by atoms with Crippen molar-refractivity contribution in [2.75, 3.05) is 6.61 Å². The standard InChI is InChI=1S/C21H38N2O6/c1-8-15(9-2)28-17-12-14(19(25)27-10-3)11-16(18(17)22-13(4)24)23-20(26)29-21(5,6)7/h12,15-18,20,23,26H,8-11H2,1-7H3,(H,22,24)/t16-,17+,18+,20?/m0/s1. The van der Waals surface area contributed by atoms with Crippen LogP contribution in [0.25, 0.3) is 0 Å². The molecule has 0 aromatic carbocycles. The van der Waals surface area contributed by atoms with Gasteiger partial charge >= 0.3 is 5.97 Å². The maximum absolute atomic E-state index is 12.4. The van der Waals surface area contributed by atoms with E-state index in [1.807, 2.05) is 34.6 Å². The topological polar surface area (TPSA) is 106 Å². The summed E-state index contributed by atoms with van der Waals surface area (Å²) in [4.78, 5) is 24.3. The molecule has 0 aliphatic heterocycles. The van der Waals surface area contributed by atoms with E-state index in [0.717, 1.165) is 12.8 Å². The van der Waals surface area contributed by atoms with Crippen molar-refractivity contribution in [3.05, 3.63) is 11.6 Å². The first kappa shape index (κ1) is 25.6. The van der Waals surface area contributed by atoms with Gasteiger partial charge in [0.25, 0.3) is 0 Å². The summed E-state index contributed by atoms with van der Waals surface area (Å²) in [6.45, 7) is 13.0. The van der Waals surface area contributed by atoms with Gasteiger partial charge in [-0.2, -0.15) is 0 Å². The van der Waals surface area contributed by atoms with Gasteiger partial charge in [0.2, 0.25) is 12.3 Å². The SMILES string of the molecule is CCOC(=O)C1=C[C@@H](OC(CC)CC)[C@H](NC(C)=O)[C@@H](NC(O)OC(C)(C)C)C1. The summed E-state index contributed by atoms with van der Waals surface area (Å²) in [5.74, 6) is -0.649. The molecule has 0 fully saturated rings. The lowest BCUT2D eigenvalue weighted by Gasteiger charge is -2.40. The molecule has 1 amide bonds. The molecule has 1 aliphatic rings. The first-order valence-electron chi connectivity index (χ1n) is 10.4. The molecule has 0 aromatic rings. The van der Waals surface area contributed by atoms with Crippen LogP contribution in [-0.4, -0.2) is 59.9 Å². The van der Waals surface area contributed by atoms with Crippen LogP contribution in [0.2, 0.25) is 0 Å². The molecule has 29 heavy (non-hydrogen) atoms. The van der Waals surface area contributed by atoms with Crippen LogP contribution in [0.5, 0.6) is 0 Å². The Morgan fingerprint density at radius 2 is 1.86 bits per heavy atom. The van der Waals surface area contributed by atoms with Crippen LogP contribution in [0.15, 0.2) is 11.6 Å². The zero-order valence-electron chi connectivity index (χ0n) is 18.8. The van der Waals surface area contributed by atoms with Gasteiger partial charge in [-0.1, -0.05) is 13.8 Å². The monoisotopic (exact) mass is 414 g/mol. The van der Waals surface area contributed by atoms with Gasteiger partial charge in [-0.05, 0) is 53.0 Å². The molecule has 8 nitrogen and oxygen atoms in total. The van der Waals surface area contributed by atoms with Crippen molar-refractivity contribution in [1.29, 1.82) is 0 Å². The van der Waals surface area contributed by atoms with Crippen molar-refractivity contribution in [2.45, 2.75) is 104 Å². The fourth-order valence-corrected chi connectivity index (χ4v) is 3.30. The number of hydrogen-bond donors (Lipinski definition) is 3. The predicted molar refractivity (Wildman–Crippen MR) is 110 cm³/mol. The molecule has 1 aliphatic carbocycles. The number of rotatable bonds is 10. The van der Waals surface area contributed by atoms with Gasteiger partial charge in [-0.25, -0.2) is 4.79 Å². The summed E-state index contributed by atoms with van der Waals surface area (Å²) in [7, 11) is 0. The first-order chi connectivity index (χ1) is 13.5. The number of carbonyl (C=O) groups is 2. The maximum Gasteiger partial charge on any atom is 0.333 e. The Hall–Kier alpha value is -1.48. The predicted octanol–water partition coefficient (Wildman–Crippen LogP) is 2.01. The Morgan fingerprint density at radius 3 is 2.34 bits per heavy atom. The van der Waals surface area contributed by atoms with Crippen molar-refractivity contribution in [3.63, 3.8) is 0 Å². The molecule has 0 aromatic heterocycles. The lowest BCUT2D eigenvalue weighted by Crippen LogP contribution is -2.61. The molecule has 0 saturated heterocycles. The number of aliphatic hydroxyl groups excluding tert-OH is 1. The van der Waals surface area contributed by atoms with E-state index < -0.39 is 36.2 Å². The van der Waals surface area contributed by atoms with Gasteiger partial charge in [0.15, 0.2) is 0 Å². The van der Waals surface area contributed by atoms with Crippen LogP contribution in [0, 0.1) is 0 Å². The lowest BCUT2D eigenvalue weighted by molar-refractivity contribution is -0.188. The molecular formula is C21H38N2O6. The van der Waals surface area contributed by atoms with Crippen molar-refractivity contribution < 1.29 is 28.9 Å². The summed E-state index contributed by atoms with van der Waals surface area (Å²) in [6, 6.07) is -0.968. The third-order valence-electron chi connectivity index (χ3n) is 4.58. The summed E-state index contributed by atoms with van der Waals surface area (Å²) in [5, 5.41) is 16.2. The van der Waals surface area contributed by atoms with Gasteiger partial charge in [-0.3, -0.25) is 10.1 Å². The molecule has 0 bridgehead atoms. The normalized spacial score (nSPS) is 23.5. The number of hydrogen-bond acceptors (Lipinski definition) is 7. The van der Waals surface area contributed by atoms with E-state index in [9.17, 15) is 14.7 Å². The number of ether oxygens (including phenoxy) is 3. The largest absolute Gasteiger partial charge is 0.463 e. The van der Waals surface area contributed by atoms with E-state index in [1.165, 1.54) is 6.92 Å². The molecule has 0 radical (unpaired) electrons. The minimum absolute atomic E-state index is 0.0227. The van der Waals surface area contributed by atoms with E-state index in [0.29, 0.717) is 5.57 Å². The second-order valence-corrected chi connectivity index (χ2v) is 8.24. The fraction of sp³-hybridized carbons (Fsp3) is 0.810. The average Bonchev–Trinajstić information content (AvgIpc) is 2.59. The lowest BCUT2D eigenvalue weighted by atomic mass is 9.87. The molecule has 0 spiro atoms. The zero-order chi connectivity index (χ0) is 22.2. The zero-order valence-corrected chi connectivity index (χ0v) is 18.8. The minimum Gasteiger partial charge on any atom is -0.463 e. The smallest absolute Gasteiger partial charge is 0.333 e. The maximum atomic E-state index is 12.4. The molecule has 4 atom stereocenters. The van der Waals surface area contributed by atoms with Crippen molar-refractivity contribution in [1.82, 2.24) is 10.6 Å². The second kappa shape index (κ2) is 11.6. The molecule has 168 valence electrons. The van der Waals surface area contributed by atoms with Gasteiger partial charge < -0.3 is 24.6 Å². The second-order valence-electron chi connectivity index (χ2n) is 8.24. The molecule has 8 heteroatoms. The Balaban J connectivity index is 3.18. The molecule has 1 rings (SSSR count). The fourth-order valence-electron chi connectivity index (χ4n) is 3.30. The number of amides is 1. The summed E-state index contributed by atoms with van der Waals surface area (Å²) >= 11 is 0. The van der Waals surface area contributed by atoms with Crippen LogP contribution < -0.4 is 10.6 Å². The molecule has 1 unspecified atom stereocenters. The highest BCUT2D eigenvalue weighted by molar-refractivity contribution is 5.89. The average molecular weight is 415 g/mol. The summed E-state index contributed by atoms with van der Waals surface area (Å²) in [5.41, 5.74) is -0.125. The number of nitrogens with one attached hydrogen (secondary N) is 2. The number of esters is 1. The Kier molecular flexibility index (Phi) is 10.3. The van der Waals surface area contributed by atoms with Gasteiger partial charge in [-0.15, -0.1) is 0 Å². The molecule has 3 N–H and O–H groups in total. The third-order valence-corrected chi connectivity index (χ3v) is 4.58. The van der Waals surface area contributed by atoms with E-state index in [4.69, 9.17) is 14.2 Å². The molecule has 0 saturated carbocycles. The third kappa shape index (κ3) is 8.82. The van der Waals surface area contributed by atoms with Crippen molar-refractivity contribution in [3.8, 4) is 0 Å². The Morgan fingerprint density at radius 1 is 1.24 bits per heavy atom. The van der Waals surface area contributed by atoms with Crippen LogP contribution in [0.1, 0.15) is 67.7 Å².